The predicted octanol–water partition coefficient (Wildman–Crippen LogP) is 1.46. The molecule has 0 bridgehead atoms. The summed E-state index contributed by atoms with van der Waals surface area (Å²) in [4.78, 5) is 38.5. The minimum Gasteiger partial charge on any atom is -0.493 e. The SMILES string of the molecule is COc1cc(C2CC(=O)n3c(=O)n(-c4ccccc4)c(=O)n32)cc(OC)c1OC. The Kier molecular flexibility index (Phi) is 4.50. The van der Waals surface area contributed by atoms with Crippen LogP contribution in [0.1, 0.15) is 22.8 Å². The molecule has 1 aliphatic heterocycles. The number of benzene rings is 2. The minimum absolute atomic E-state index is 0.0290. The number of carbonyl (C=O) groups excluding carboxylic acids is 1. The monoisotopic (exact) mass is 397 g/mol. The minimum atomic E-state index is -0.693. The van der Waals surface area contributed by atoms with E-state index in [1.807, 2.05) is 0 Å². The van der Waals surface area contributed by atoms with E-state index in [4.69, 9.17) is 14.2 Å². The molecule has 4 rings (SSSR count). The fourth-order valence-corrected chi connectivity index (χ4v) is 3.65. The lowest BCUT2D eigenvalue weighted by Crippen LogP contribution is -2.30. The molecule has 150 valence electrons. The van der Waals surface area contributed by atoms with Gasteiger partial charge in [-0.05, 0) is 29.8 Å². The highest BCUT2D eigenvalue weighted by Crippen LogP contribution is 2.41. The molecule has 0 amide bonds. The van der Waals surface area contributed by atoms with Crippen molar-refractivity contribution in [2.45, 2.75) is 12.5 Å². The quantitative estimate of drug-likeness (QED) is 0.647. The van der Waals surface area contributed by atoms with Crippen LogP contribution in [-0.2, 0) is 0 Å². The molecule has 1 unspecified atom stereocenters. The number of para-hydroxylation sites is 1. The van der Waals surface area contributed by atoms with Crippen molar-refractivity contribution >= 4 is 5.91 Å². The summed E-state index contributed by atoms with van der Waals surface area (Å²) in [5.41, 5.74) is -0.299. The molecular weight excluding hydrogens is 378 g/mol. The highest BCUT2D eigenvalue weighted by Gasteiger charge is 2.36. The van der Waals surface area contributed by atoms with Gasteiger partial charge in [-0.3, -0.25) is 4.79 Å². The molecule has 0 aliphatic carbocycles. The van der Waals surface area contributed by atoms with Crippen molar-refractivity contribution in [1.29, 1.82) is 0 Å². The summed E-state index contributed by atoms with van der Waals surface area (Å²) in [6.45, 7) is 0. The average Bonchev–Trinajstić information content (AvgIpc) is 3.22. The van der Waals surface area contributed by atoms with Gasteiger partial charge in [-0.15, -0.1) is 0 Å². The van der Waals surface area contributed by atoms with Crippen LogP contribution in [0.3, 0.4) is 0 Å². The summed E-state index contributed by atoms with van der Waals surface area (Å²) in [5.74, 6) is 0.728. The van der Waals surface area contributed by atoms with Crippen molar-refractivity contribution < 1.29 is 19.0 Å². The molecule has 3 aromatic rings. The normalized spacial score (nSPS) is 15.3. The van der Waals surface area contributed by atoms with Gasteiger partial charge in [0.2, 0.25) is 5.75 Å². The van der Waals surface area contributed by atoms with Crippen molar-refractivity contribution in [3.63, 3.8) is 0 Å². The molecule has 0 radical (unpaired) electrons. The van der Waals surface area contributed by atoms with Crippen molar-refractivity contribution in [2.75, 3.05) is 21.3 Å². The number of aromatic nitrogens is 3. The van der Waals surface area contributed by atoms with Crippen LogP contribution in [0.15, 0.2) is 52.1 Å². The van der Waals surface area contributed by atoms with E-state index in [2.05, 4.69) is 0 Å². The number of ether oxygens (including phenoxy) is 3. The first-order valence-electron chi connectivity index (χ1n) is 8.87. The van der Waals surface area contributed by atoms with Gasteiger partial charge in [0.25, 0.3) is 5.91 Å². The van der Waals surface area contributed by atoms with Crippen molar-refractivity contribution in [3.8, 4) is 22.9 Å². The van der Waals surface area contributed by atoms with Crippen LogP contribution in [0.2, 0.25) is 0 Å². The molecule has 0 N–H and O–H groups in total. The first-order chi connectivity index (χ1) is 14.0. The predicted molar refractivity (Wildman–Crippen MR) is 104 cm³/mol. The van der Waals surface area contributed by atoms with Crippen LogP contribution in [0, 0.1) is 0 Å². The second-order valence-corrected chi connectivity index (χ2v) is 6.46. The van der Waals surface area contributed by atoms with E-state index in [1.54, 1.807) is 42.5 Å². The lowest BCUT2D eigenvalue weighted by molar-refractivity contribution is 0.0910. The third kappa shape index (κ3) is 2.74. The van der Waals surface area contributed by atoms with Gasteiger partial charge in [-0.25, -0.2) is 18.8 Å². The first kappa shape index (κ1) is 18.6. The summed E-state index contributed by atoms with van der Waals surface area (Å²) in [7, 11) is 4.45. The van der Waals surface area contributed by atoms with Gasteiger partial charge in [-0.1, -0.05) is 18.2 Å². The molecular formula is C20H19N3O6. The fourth-order valence-electron chi connectivity index (χ4n) is 3.65. The van der Waals surface area contributed by atoms with Gasteiger partial charge in [0.05, 0.1) is 39.5 Å². The Bertz CT molecular complexity index is 1180. The van der Waals surface area contributed by atoms with Gasteiger partial charge in [0.1, 0.15) is 0 Å². The molecule has 9 nitrogen and oxygen atoms in total. The number of fused-ring (bicyclic) bond motifs is 1. The van der Waals surface area contributed by atoms with Gasteiger partial charge in [-0.2, -0.15) is 4.68 Å². The second-order valence-electron chi connectivity index (χ2n) is 6.46. The standard InChI is InChI=1S/C20H19N3O6/c1-27-15-9-12(10-16(28-2)18(15)29-3)14-11-17(24)23-20(26)21(19(25)22(14)23)13-7-5-4-6-8-13/h4-10,14H,11H2,1-3H3. The second kappa shape index (κ2) is 7.01. The molecule has 2 aromatic carbocycles. The van der Waals surface area contributed by atoms with Crippen molar-refractivity contribution in [1.82, 2.24) is 13.9 Å². The lowest BCUT2D eigenvalue weighted by Gasteiger charge is -2.17. The Morgan fingerprint density at radius 1 is 0.862 bits per heavy atom. The molecule has 0 saturated carbocycles. The molecule has 9 heteroatoms. The van der Waals surface area contributed by atoms with Crippen LogP contribution < -0.4 is 25.6 Å². The third-order valence-electron chi connectivity index (χ3n) is 4.96. The van der Waals surface area contributed by atoms with E-state index in [0.717, 1.165) is 9.25 Å². The highest BCUT2D eigenvalue weighted by molar-refractivity contribution is 5.81. The molecule has 0 fully saturated rings. The van der Waals surface area contributed by atoms with Gasteiger partial charge in [0, 0.05) is 0 Å². The Balaban J connectivity index is 1.93. The smallest absolute Gasteiger partial charge is 0.359 e. The summed E-state index contributed by atoms with van der Waals surface area (Å²) in [5, 5.41) is 0. The zero-order valence-corrected chi connectivity index (χ0v) is 16.1. The van der Waals surface area contributed by atoms with Gasteiger partial charge >= 0.3 is 11.4 Å². The van der Waals surface area contributed by atoms with Crippen molar-refractivity contribution in [2.24, 2.45) is 0 Å². The van der Waals surface area contributed by atoms with Crippen LogP contribution in [0.4, 0.5) is 0 Å². The lowest BCUT2D eigenvalue weighted by atomic mass is 10.0. The van der Waals surface area contributed by atoms with Crippen molar-refractivity contribution in [3.05, 3.63) is 69.0 Å². The van der Waals surface area contributed by atoms with Crippen LogP contribution in [-0.4, -0.2) is 41.2 Å². The maximum Gasteiger partial charge on any atom is 0.359 e. The number of hydrogen-bond acceptors (Lipinski definition) is 6. The van der Waals surface area contributed by atoms with Crippen LogP contribution in [0.25, 0.3) is 5.69 Å². The average molecular weight is 397 g/mol. The number of nitrogens with zero attached hydrogens (tertiary/aromatic N) is 3. The Labute approximate surface area is 165 Å². The summed E-state index contributed by atoms with van der Waals surface area (Å²) in [6, 6.07) is 11.1. The maximum atomic E-state index is 13.1. The zero-order valence-electron chi connectivity index (χ0n) is 16.1. The van der Waals surface area contributed by atoms with Crippen LogP contribution in [0.5, 0.6) is 17.2 Å². The first-order valence-corrected chi connectivity index (χ1v) is 8.87. The number of hydrogen-bond donors (Lipinski definition) is 0. The maximum absolute atomic E-state index is 13.1. The zero-order chi connectivity index (χ0) is 20.7. The fraction of sp³-hybridized carbons (Fsp3) is 0.250. The Hall–Kier alpha value is -3.75. The molecule has 1 atom stereocenters. The van der Waals surface area contributed by atoms with E-state index < -0.39 is 23.3 Å². The van der Waals surface area contributed by atoms with E-state index in [1.165, 1.54) is 26.0 Å². The van der Waals surface area contributed by atoms with Gasteiger partial charge in [0.15, 0.2) is 11.5 Å². The molecule has 0 saturated heterocycles. The molecule has 1 aromatic heterocycles. The van der Waals surface area contributed by atoms with E-state index >= 15 is 0 Å². The Morgan fingerprint density at radius 2 is 1.48 bits per heavy atom. The summed E-state index contributed by atoms with van der Waals surface area (Å²) in [6.07, 6.45) is -0.0290. The highest BCUT2D eigenvalue weighted by atomic mass is 16.5. The largest absolute Gasteiger partial charge is 0.493 e. The topological polar surface area (TPSA) is 93.7 Å². The number of carbonyl (C=O) groups is 1. The summed E-state index contributed by atoms with van der Waals surface area (Å²) >= 11 is 0. The van der Waals surface area contributed by atoms with Crippen LogP contribution >= 0.6 is 0 Å². The number of methoxy groups -OCH3 is 3. The molecule has 0 spiro atoms. The molecule has 2 heterocycles. The van der Waals surface area contributed by atoms with E-state index in [-0.39, 0.29) is 6.42 Å². The summed E-state index contributed by atoms with van der Waals surface area (Å²) < 4.78 is 19.1. The number of rotatable bonds is 5. The molecule has 1 aliphatic rings. The molecule has 29 heavy (non-hydrogen) atoms. The van der Waals surface area contributed by atoms with E-state index in [0.29, 0.717) is 28.5 Å². The third-order valence-corrected chi connectivity index (χ3v) is 4.96. The van der Waals surface area contributed by atoms with E-state index in [9.17, 15) is 14.4 Å². The van der Waals surface area contributed by atoms with Gasteiger partial charge < -0.3 is 14.2 Å². The Morgan fingerprint density at radius 3 is 2.03 bits per heavy atom.